The zero-order valence-electron chi connectivity index (χ0n) is 12.1. The molecule has 2 aromatic heterocycles. The predicted molar refractivity (Wildman–Crippen MR) is 80.5 cm³/mol. The number of pyridine rings is 1. The molecule has 0 fully saturated rings. The molecule has 0 saturated heterocycles. The molecule has 0 unspecified atom stereocenters. The Morgan fingerprint density at radius 1 is 1.27 bits per heavy atom. The summed E-state index contributed by atoms with van der Waals surface area (Å²) in [6.45, 7) is 2.86. The number of hydrogen-bond donors (Lipinski definition) is 0. The number of aromatic nitrogens is 1. The largest absolute Gasteiger partial charge is 0.467 e. The Balaban J connectivity index is 1.69. The molecule has 22 heavy (non-hydrogen) atoms. The van der Waals surface area contributed by atoms with Crippen LogP contribution in [0.2, 0.25) is 0 Å². The Morgan fingerprint density at radius 2 is 2.18 bits per heavy atom. The van der Waals surface area contributed by atoms with E-state index in [1.54, 1.807) is 17.2 Å². The summed E-state index contributed by atoms with van der Waals surface area (Å²) < 4.78 is 10.7. The fourth-order valence-electron chi connectivity index (χ4n) is 2.63. The van der Waals surface area contributed by atoms with Gasteiger partial charge in [-0.25, -0.2) is 9.78 Å². The molecule has 0 bridgehead atoms. The van der Waals surface area contributed by atoms with Crippen molar-refractivity contribution in [2.45, 2.75) is 20.0 Å². The van der Waals surface area contributed by atoms with Crippen molar-refractivity contribution >= 4 is 17.0 Å². The lowest BCUT2D eigenvalue weighted by Gasteiger charge is -2.26. The first-order valence-electron chi connectivity index (χ1n) is 7.08. The number of amides is 1. The Kier molecular flexibility index (Phi) is 2.85. The summed E-state index contributed by atoms with van der Waals surface area (Å²) in [5.74, 6) is 1.13. The van der Waals surface area contributed by atoms with Crippen LogP contribution in [0, 0.1) is 6.92 Å². The number of benzene rings is 1. The van der Waals surface area contributed by atoms with Crippen LogP contribution in [-0.4, -0.2) is 16.0 Å². The van der Waals surface area contributed by atoms with E-state index in [0.717, 1.165) is 27.8 Å². The van der Waals surface area contributed by atoms with Gasteiger partial charge >= 0.3 is 6.09 Å². The Hall–Kier alpha value is -2.82. The third kappa shape index (κ3) is 2.20. The molecule has 0 atom stereocenters. The van der Waals surface area contributed by atoms with E-state index in [2.05, 4.69) is 4.98 Å². The highest BCUT2D eigenvalue weighted by Gasteiger charge is 2.27. The van der Waals surface area contributed by atoms with E-state index in [-0.39, 0.29) is 0 Å². The molecule has 3 heterocycles. The minimum atomic E-state index is -0.400. The van der Waals surface area contributed by atoms with Crippen molar-refractivity contribution in [1.29, 1.82) is 0 Å². The summed E-state index contributed by atoms with van der Waals surface area (Å²) in [6.07, 6.45) is 1.19. The van der Waals surface area contributed by atoms with Crippen LogP contribution in [0.1, 0.15) is 16.9 Å². The van der Waals surface area contributed by atoms with Gasteiger partial charge in [-0.1, -0.05) is 12.1 Å². The quantitative estimate of drug-likeness (QED) is 0.724. The zero-order chi connectivity index (χ0) is 15.1. The van der Waals surface area contributed by atoms with Crippen LogP contribution in [0.5, 0.6) is 5.88 Å². The summed E-state index contributed by atoms with van der Waals surface area (Å²) in [6, 6.07) is 11.7. The molecule has 1 aliphatic rings. The number of aryl methyl sites for hydroxylation is 1. The van der Waals surface area contributed by atoms with Crippen molar-refractivity contribution in [2.75, 3.05) is 0 Å². The van der Waals surface area contributed by atoms with Gasteiger partial charge in [0.1, 0.15) is 5.76 Å². The van der Waals surface area contributed by atoms with Crippen molar-refractivity contribution in [3.05, 3.63) is 59.5 Å². The van der Waals surface area contributed by atoms with Crippen molar-refractivity contribution in [3.8, 4) is 5.88 Å². The van der Waals surface area contributed by atoms with Gasteiger partial charge in [-0.15, -0.1) is 0 Å². The molecular weight excluding hydrogens is 280 g/mol. The number of hydrogen-bond acceptors (Lipinski definition) is 4. The molecular formula is C17H14N2O3. The molecule has 1 amide bonds. The van der Waals surface area contributed by atoms with Crippen molar-refractivity contribution in [1.82, 2.24) is 9.88 Å². The van der Waals surface area contributed by atoms with Gasteiger partial charge in [-0.3, -0.25) is 4.90 Å². The van der Waals surface area contributed by atoms with E-state index >= 15 is 0 Å². The van der Waals surface area contributed by atoms with Gasteiger partial charge in [0.05, 0.1) is 24.9 Å². The van der Waals surface area contributed by atoms with Gasteiger partial charge in [-0.05, 0) is 36.8 Å². The third-order valence-electron chi connectivity index (χ3n) is 3.74. The molecule has 0 saturated carbocycles. The topological polar surface area (TPSA) is 55.6 Å². The highest BCUT2D eigenvalue weighted by Crippen LogP contribution is 2.29. The summed E-state index contributed by atoms with van der Waals surface area (Å²) in [7, 11) is 0. The number of ether oxygens (including phenoxy) is 1. The lowest BCUT2D eigenvalue weighted by molar-refractivity contribution is 0.129. The maximum Gasteiger partial charge on any atom is 0.417 e. The molecule has 5 nitrogen and oxygen atoms in total. The summed E-state index contributed by atoms with van der Waals surface area (Å²) in [5, 5.41) is 1.04. The van der Waals surface area contributed by atoms with E-state index in [9.17, 15) is 4.79 Å². The number of carbonyl (C=O) groups excluding carboxylic acids is 1. The Bertz CT molecular complexity index is 856. The average Bonchev–Trinajstić information content (AvgIpc) is 2.99. The first-order chi connectivity index (χ1) is 10.7. The van der Waals surface area contributed by atoms with Gasteiger partial charge in [0.2, 0.25) is 5.88 Å². The van der Waals surface area contributed by atoms with E-state index in [4.69, 9.17) is 9.15 Å². The second-order valence-corrected chi connectivity index (χ2v) is 5.45. The second-order valence-electron chi connectivity index (χ2n) is 5.45. The maximum atomic E-state index is 12.1. The summed E-state index contributed by atoms with van der Waals surface area (Å²) in [4.78, 5) is 18.2. The second kappa shape index (κ2) is 4.87. The molecule has 4 rings (SSSR count). The molecule has 1 aliphatic heterocycles. The van der Waals surface area contributed by atoms with Gasteiger partial charge < -0.3 is 9.15 Å². The van der Waals surface area contributed by atoms with E-state index < -0.39 is 6.09 Å². The highest BCUT2D eigenvalue weighted by molar-refractivity contribution is 5.82. The Labute approximate surface area is 127 Å². The number of rotatable bonds is 2. The molecule has 1 aromatic carbocycles. The van der Waals surface area contributed by atoms with Crippen molar-refractivity contribution in [3.63, 3.8) is 0 Å². The number of fused-ring (bicyclic) bond motifs is 2. The van der Waals surface area contributed by atoms with Gasteiger partial charge in [0.25, 0.3) is 0 Å². The van der Waals surface area contributed by atoms with Gasteiger partial charge in [0, 0.05) is 10.9 Å². The van der Waals surface area contributed by atoms with Crippen LogP contribution < -0.4 is 4.74 Å². The van der Waals surface area contributed by atoms with E-state index in [0.29, 0.717) is 19.0 Å². The lowest BCUT2D eigenvalue weighted by atomic mass is 10.1. The maximum absolute atomic E-state index is 12.1. The van der Waals surface area contributed by atoms with Crippen LogP contribution in [0.15, 0.2) is 47.1 Å². The fraction of sp³-hybridized carbons (Fsp3) is 0.176. The van der Waals surface area contributed by atoms with Crippen LogP contribution in [-0.2, 0) is 13.1 Å². The highest BCUT2D eigenvalue weighted by atomic mass is 16.6. The Morgan fingerprint density at radius 3 is 3.00 bits per heavy atom. The average molecular weight is 294 g/mol. The van der Waals surface area contributed by atoms with Crippen molar-refractivity contribution in [2.24, 2.45) is 0 Å². The monoisotopic (exact) mass is 294 g/mol. The van der Waals surface area contributed by atoms with Crippen LogP contribution in [0.4, 0.5) is 4.79 Å². The molecule has 110 valence electrons. The molecule has 5 heteroatoms. The lowest BCUT2D eigenvalue weighted by Crippen LogP contribution is -2.36. The van der Waals surface area contributed by atoms with Crippen LogP contribution in [0.25, 0.3) is 10.9 Å². The van der Waals surface area contributed by atoms with Gasteiger partial charge in [0.15, 0.2) is 0 Å². The third-order valence-corrected chi connectivity index (χ3v) is 3.74. The number of carbonyl (C=O) groups is 1. The first-order valence-corrected chi connectivity index (χ1v) is 7.08. The van der Waals surface area contributed by atoms with Crippen LogP contribution in [0.3, 0.4) is 0 Å². The molecule has 0 spiro atoms. The molecule has 0 radical (unpaired) electrons. The minimum absolute atomic E-state index is 0.386. The van der Waals surface area contributed by atoms with Gasteiger partial charge in [-0.2, -0.15) is 0 Å². The molecule has 3 aromatic rings. The first kappa shape index (κ1) is 12.9. The normalized spacial score (nSPS) is 14.0. The molecule has 0 aliphatic carbocycles. The standard InChI is InChI=1S/C17H14N2O3/c1-11-4-5-12-8-13-9-19(10-14-3-2-6-21-14)17(20)22-16(13)18-15(12)7-11/h2-8H,9-10H2,1H3. The minimum Gasteiger partial charge on any atom is -0.467 e. The smallest absolute Gasteiger partial charge is 0.417 e. The molecule has 0 N–H and O–H groups in total. The fourth-order valence-corrected chi connectivity index (χ4v) is 2.63. The summed E-state index contributed by atoms with van der Waals surface area (Å²) in [5.41, 5.74) is 2.87. The van der Waals surface area contributed by atoms with Crippen LogP contribution >= 0.6 is 0 Å². The van der Waals surface area contributed by atoms with E-state index in [1.165, 1.54) is 0 Å². The van der Waals surface area contributed by atoms with Crippen molar-refractivity contribution < 1.29 is 13.9 Å². The number of nitrogens with zero attached hydrogens (tertiary/aromatic N) is 2. The van der Waals surface area contributed by atoms with E-state index in [1.807, 2.05) is 37.3 Å². The summed E-state index contributed by atoms with van der Waals surface area (Å²) >= 11 is 0. The SMILES string of the molecule is Cc1ccc2cc3c(nc2c1)OC(=O)N(Cc1ccco1)C3. The number of furan rings is 1. The predicted octanol–water partition coefficient (Wildman–Crippen LogP) is 3.65. The zero-order valence-corrected chi connectivity index (χ0v) is 12.1.